The van der Waals surface area contributed by atoms with Crippen LogP contribution in [0.2, 0.25) is 0 Å². The second-order valence-corrected chi connectivity index (χ2v) is 4.95. The standard InChI is InChI=1S/C12H24N2O2/c1-10(8-15-2)14-5-6-16-9-12(14)7-13-11-3-4-11/h10-13H,3-9H2,1-2H3. The molecule has 0 aromatic rings. The van der Waals surface area contributed by atoms with Gasteiger partial charge in [-0.3, -0.25) is 4.90 Å². The highest BCUT2D eigenvalue weighted by molar-refractivity contribution is 4.86. The molecule has 0 aromatic carbocycles. The van der Waals surface area contributed by atoms with Crippen LogP contribution in [0.5, 0.6) is 0 Å². The summed E-state index contributed by atoms with van der Waals surface area (Å²) in [6.45, 7) is 6.83. The number of ether oxygens (including phenoxy) is 2. The lowest BCUT2D eigenvalue weighted by Crippen LogP contribution is -2.55. The average molecular weight is 228 g/mol. The molecule has 0 bridgehead atoms. The second kappa shape index (κ2) is 5.96. The van der Waals surface area contributed by atoms with Crippen LogP contribution in [-0.4, -0.2) is 63.0 Å². The van der Waals surface area contributed by atoms with E-state index in [-0.39, 0.29) is 0 Å². The first-order chi connectivity index (χ1) is 7.81. The molecule has 1 aliphatic heterocycles. The Bertz CT molecular complexity index is 209. The van der Waals surface area contributed by atoms with Crippen LogP contribution in [0.1, 0.15) is 19.8 Å². The lowest BCUT2D eigenvalue weighted by atomic mass is 10.1. The van der Waals surface area contributed by atoms with Gasteiger partial charge in [0.15, 0.2) is 0 Å². The van der Waals surface area contributed by atoms with Crippen molar-refractivity contribution in [3.05, 3.63) is 0 Å². The summed E-state index contributed by atoms with van der Waals surface area (Å²) in [5.74, 6) is 0. The highest BCUT2D eigenvalue weighted by atomic mass is 16.5. The first-order valence-corrected chi connectivity index (χ1v) is 6.37. The van der Waals surface area contributed by atoms with Crippen molar-refractivity contribution in [3.63, 3.8) is 0 Å². The van der Waals surface area contributed by atoms with Crippen LogP contribution in [0.25, 0.3) is 0 Å². The lowest BCUT2D eigenvalue weighted by Gasteiger charge is -2.39. The van der Waals surface area contributed by atoms with Crippen LogP contribution in [0.3, 0.4) is 0 Å². The number of nitrogens with one attached hydrogen (secondary N) is 1. The molecule has 0 amide bonds. The number of morpholine rings is 1. The van der Waals surface area contributed by atoms with E-state index in [1.807, 2.05) is 0 Å². The summed E-state index contributed by atoms with van der Waals surface area (Å²) in [7, 11) is 1.77. The van der Waals surface area contributed by atoms with Crippen molar-refractivity contribution < 1.29 is 9.47 Å². The molecule has 2 rings (SSSR count). The van der Waals surface area contributed by atoms with Crippen LogP contribution in [0, 0.1) is 0 Å². The summed E-state index contributed by atoms with van der Waals surface area (Å²) in [5, 5.41) is 3.59. The SMILES string of the molecule is COCC(C)N1CCOCC1CNC1CC1. The summed E-state index contributed by atoms with van der Waals surface area (Å²) in [6, 6.07) is 1.78. The van der Waals surface area contributed by atoms with Gasteiger partial charge >= 0.3 is 0 Å². The van der Waals surface area contributed by atoms with Gasteiger partial charge in [-0.1, -0.05) is 0 Å². The van der Waals surface area contributed by atoms with Gasteiger partial charge in [-0.05, 0) is 19.8 Å². The molecule has 4 heteroatoms. The molecule has 1 saturated carbocycles. The van der Waals surface area contributed by atoms with E-state index in [0.717, 1.165) is 39.0 Å². The Morgan fingerprint density at radius 3 is 3.00 bits per heavy atom. The van der Waals surface area contributed by atoms with Gasteiger partial charge in [-0.2, -0.15) is 0 Å². The minimum Gasteiger partial charge on any atom is -0.383 e. The van der Waals surface area contributed by atoms with E-state index >= 15 is 0 Å². The summed E-state index contributed by atoms with van der Waals surface area (Å²) in [4.78, 5) is 2.52. The second-order valence-electron chi connectivity index (χ2n) is 4.95. The van der Waals surface area contributed by atoms with Crippen molar-refractivity contribution in [2.45, 2.75) is 37.9 Å². The first-order valence-electron chi connectivity index (χ1n) is 6.37. The maximum Gasteiger partial charge on any atom is 0.0635 e. The van der Waals surface area contributed by atoms with Gasteiger partial charge < -0.3 is 14.8 Å². The number of hydrogen-bond donors (Lipinski definition) is 1. The van der Waals surface area contributed by atoms with Crippen molar-refractivity contribution in [1.29, 1.82) is 0 Å². The van der Waals surface area contributed by atoms with Crippen LogP contribution >= 0.6 is 0 Å². The number of nitrogens with zero attached hydrogens (tertiary/aromatic N) is 1. The summed E-state index contributed by atoms with van der Waals surface area (Å²) >= 11 is 0. The average Bonchev–Trinajstić information content (AvgIpc) is 3.11. The molecule has 2 unspecified atom stereocenters. The molecule has 2 aliphatic rings. The fourth-order valence-electron chi connectivity index (χ4n) is 2.35. The van der Waals surface area contributed by atoms with Crippen molar-refractivity contribution in [1.82, 2.24) is 10.2 Å². The molecule has 1 heterocycles. The van der Waals surface area contributed by atoms with Gasteiger partial charge in [-0.15, -0.1) is 0 Å². The van der Waals surface area contributed by atoms with Gasteiger partial charge in [0.1, 0.15) is 0 Å². The van der Waals surface area contributed by atoms with Crippen LogP contribution in [0.4, 0.5) is 0 Å². The van der Waals surface area contributed by atoms with Gasteiger partial charge in [0.2, 0.25) is 0 Å². The Morgan fingerprint density at radius 2 is 2.31 bits per heavy atom. The Morgan fingerprint density at radius 1 is 1.50 bits per heavy atom. The molecule has 2 atom stereocenters. The van der Waals surface area contributed by atoms with E-state index in [0.29, 0.717) is 12.1 Å². The first kappa shape index (κ1) is 12.3. The van der Waals surface area contributed by atoms with Crippen molar-refractivity contribution in [3.8, 4) is 0 Å². The number of rotatable bonds is 6. The van der Waals surface area contributed by atoms with E-state index < -0.39 is 0 Å². The van der Waals surface area contributed by atoms with E-state index in [9.17, 15) is 0 Å². The van der Waals surface area contributed by atoms with Gasteiger partial charge in [0, 0.05) is 38.3 Å². The number of hydrogen-bond acceptors (Lipinski definition) is 4. The zero-order chi connectivity index (χ0) is 11.4. The van der Waals surface area contributed by atoms with Gasteiger partial charge in [0.05, 0.1) is 19.8 Å². The molecule has 16 heavy (non-hydrogen) atoms. The van der Waals surface area contributed by atoms with Crippen LogP contribution < -0.4 is 5.32 Å². The molecule has 1 N–H and O–H groups in total. The van der Waals surface area contributed by atoms with E-state index in [4.69, 9.17) is 9.47 Å². The smallest absolute Gasteiger partial charge is 0.0635 e. The Kier molecular flexibility index (Phi) is 4.58. The van der Waals surface area contributed by atoms with E-state index in [1.165, 1.54) is 12.8 Å². The van der Waals surface area contributed by atoms with Crippen molar-refractivity contribution in [2.24, 2.45) is 0 Å². The fraction of sp³-hybridized carbons (Fsp3) is 1.00. The predicted molar refractivity (Wildman–Crippen MR) is 63.7 cm³/mol. The fourth-order valence-corrected chi connectivity index (χ4v) is 2.35. The minimum absolute atomic E-state index is 0.486. The Labute approximate surface area is 98.3 Å². The molecule has 94 valence electrons. The molecule has 0 radical (unpaired) electrons. The predicted octanol–water partition coefficient (Wildman–Crippen LogP) is 0.474. The Balaban J connectivity index is 1.79. The Hall–Kier alpha value is -0.160. The maximum atomic E-state index is 5.57. The molecule has 0 spiro atoms. The summed E-state index contributed by atoms with van der Waals surface area (Å²) in [6.07, 6.45) is 2.70. The van der Waals surface area contributed by atoms with Crippen molar-refractivity contribution in [2.75, 3.05) is 40.0 Å². The van der Waals surface area contributed by atoms with Gasteiger partial charge in [0.25, 0.3) is 0 Å². The third-order valence-electron chi connectivity index (χ3n) is 3.47. The van der Waals surface area contributed by atoms with Crippen LogP contribution in [-0.2, 0) is 9.47 Å². The lowest BCUT2D eigenvalue weighted by molar-refractivity contribution is -0.0389. The summed E-state index contributed by atoms with van der Waals surface area (Å²) in [5.41, 5.74) is 0. The summed E-state index contributed by atoms with van der Waals surface area (Å²) < 4.78 is 10.8. The molecular weight excluding hydrogens is 204 g/mol. The maximum absolute atomic E-state index is 5.57. The zero-order valence-electron chi connectivity index (χ0n) is 10.4. The third kappa shape index (κ3) is 3.42. The third-order valence-corrected chi connectivity index (χ3v) is 3.47. The minimum atomic E-state index is 0.486. The van der Waals surface area contributed by atoms with Gasteiger partial charge in [-0.25, -0.2) is 0 Å². The largest absolute Gasteiger partial charge is 0.383 e. The van der Waals surface area contributed by atoms with E-state index in [2.05, 4.69) is 17.1 Å². The van der Waals surface area contributed by atoms with Crippen molar-refractivity contribution >= 4 is 0 Å². The quantitative estimate of drug-likeness (QED) is 0.717. The zero-order valence-corrected chi connectivity index (χ0v) is 10.4. The highest BCUT2D eigenvalue weighted by Gasteiger charge is 2.29. The topological polar surface area (TPSA) is 33.7 Å². The van der Waals surface area contributed by atoms with Crippen LogP contribution in [0.15, 0.2) is 0 Å². The molecule has 1 saturated heterocycles. The molecule has 1 aliphatic carbocycles. The molecular formula is C12H24N2O2. The monoisotopic (exact) mass is 228 g/mol. The normalized spacial score (nSPS) is 29.2. The number of methoxy groups -OCH3 is 1. The molecule has 4 nitrogen and oxygen atoms in total. The van der Waals surface area contributed by atoms with E-state index in [1.54, 1.807) is 7.11 Å². The highest BCUT2D eigenvalue weighted by Crippen LogP contribution is 2.19. The molecule has 2 fully saturated rings. The molecule has 0 aromatic heterocycles.